The quantitative estimate of drug-likeness (QED) is 0.332. The Balaban J connectivity index is 2.15. The lowest BCUT2D eigenvalue weighted by molar-refractivity contribution is -0.136. The molecule has 1 aromatic heterocycles. The van der Waals surface area contributed by atoms with Gasteiger partial charge in [0, 0.05) is 10.6 Å². The number of ether oxygens (including phenoxy) is 1. The van der Waals surface area contributed by atoms with Gasteiger partial charge >= 0.3 is 5.97 Å². The maximum Gasteiger partial charge on any atom is 0.317 e. The first-order chi connectivity index (χ1) is 13.2. The van der Waals surface area contributed by atoms with E-state index in [1.165, 1.54) is 4.80 Å². The van der Waals surface area contributed by atoms with Gasteiger partial charge < -0.3 is 4.74 Å². The third kappa shape index (κ3) is 4.09. The highest BCUT2D eigenvalue weighted by Gasteiger charge is 2.26. The fourth-order valence-electron chi connectivity index (χ4n) is 2.94. The van der Waals surface area contributed by atoms with Crippen LogP contribution in [0.15, 0.2) is 48.6 Å². The van der Waals surface area contributed by atoms with Crippen LogP contribution in [0.3, 0.4) is 0 Å². The van der Waals surface area contributed by atoms with Crippen molar-refractivity contribution in [3.8, 4) is 11.4 Å². The third-order valence-corrected chi connectivity index (χ3v) is 4.65. The number of benzene rings is 2. The van der Waals surface area contributed by atoms with E-state index in [0.717, 1.165) is 5.56 Å². The lowest BCUT2D eigenvalue weighted by atomic mass is 9.86. The highest BCUT2D eigenvalue weighted by atomic mass is 35.5. The largest absolute Gasteiger partial charge is 0.423 e. The Morgan fingerprint density at radius 1 is 1.18 bits per heavy atom. The number of fused-ring (bicyclic) bond motifs is 1. The zero-order valence-corrected chi connectivity index (χ0v) is 17.5. The van der Waals surface area contributed by atoms with Gasteiger partial charge in [0.05, 0.1) is 5.92 Å². The summed E-state index contributed by atoms with van der Waals surface area (Å²) in [7, 11) is 0. The molecule has 1 heterocycles. The highest BCUT2D eigenvalue weighted by molar-refractivity contribution is 6.31. The van der Waals surface area contributed by atoms with Crippen LogP contribution in [0.5, 0.6) is 5.75 Å². The predicted molar refractivity (Wildman–Crippen MR) is 112 cm³/mol. The van der Waals surface area contributed by atoms with Crippen LogP contribution >= 0.6 is 11.6 Å². The van der Waals surface area contributed by atoms with Crippen molar-refractivity contribution in [2.45, 2.75) is 40.0 Å². The molecule has 28 heavy (non-hydrogen) atoms. The van der Waals surface area contributed by atoms with Crippen molar-refractivity contribution in [3.63, 3.8) is 0 Å². The van der Waals surface area contributed by atoms with E-state index < -0.39 is 0 Å². The molecule has 0 saturated carbocycles. The average molecular weight is 398 g/mol. The van der Waals surface area contributed by atoms with Crippen molar-refractivity contribution >= 4 is 28.6 Å². The van der Waals surface area contributed by atoms with Crippen LogP contribution in [0.25, 0.3) is 16.7 Å². The maximum atomic E-state index is 12.6. The number of rotatable bonds is 4. The molecule has 0 saturated heterocycles. The summed E-state index contributed by atoms with van der Waals surface area (Å²) in [5.41, 5.74) is 2.68. The van der Waals surface area contributed by atoms with E-state index in [2.05, 4.69) is 31.0 Å². The molecular formula is C22H24ClN3O2. The molecule has 5 nitrogen and oxygen atoms in total. The first kappa shape index (κ1) is 20.1. The van der Waals surface area contributed by atoms with Gasteiger partial charge in [-0.15, -0.1) is 15.0 Å². The van der Waals surface area contributed by atoms with Gasteiger partial charge in [-0.1, -0.05) is 56.7 Å². The summed E-state index contributed by atoms with van der Waals surface area (Å²) < 4.78 is 5.87. The Morgan fingerprint density at radius 2 is 1.89 bits per heavy atom. The summed E-state index contributed by atoms with van der Waals surface area (Å²) in [4.78, 5) is 14.1. The zero-order chi connectivity index (χ0) is 20.5. The van der Waals surface area contributed by atoms with E-state index in [-0.39, 0.29) is 17.3 Å². The molecule has 0 bridgehead atoms. The number of hydrogen-bond acceptors (Lipinski definition) is 4. The number of halogens is 1. The molecule has 2 aromatic carbocycles. The predicted octanol–water partition coefficient (Wildman–Crippen LogP) is 5.49. The van der Waals surface area contributed by atoms with E-state index in [1.807, 2.05) is 50.3 Å². The fourth-order valence-corrected chi connectivity index (χ4v) is 3.10. The molecule has 0 aliphatic carbocycles. The summed E-state index contributed by atoms with van der Waals surface area (Å²) in [5, 5.41) is 9.66. The lowest BCUT2D eigenvalue weighted by Gasteiger charge is -2.24. The van der Waals surface area contributed by atoms with E-state index in [0.29, 0.717) is 27.5 Å². The minimum absolute atomic E-state index is 0.231. The molecule has 0 radical (unpaired) electrons. The van der Waals surface area contributed by atoms with Gasteiger partial charge in [0.1, 0.15) is 16.7 Å². The lowest BCUT2D eigenvalue weighted by Crippen LogP contribution is -2.21. The second kappa shape index (κ2) is 7.76. The van der Waals surface area contributed by atoms with Crippen molar-refractivity contribution in [1.82, 2.24) is 15.0 Å². The SMILES string of the molecule is CC=CC(C)C(=O)Oc1c(-n2nc3ccc(Cl)cc3n2)cccc1C(C)(C)C. The van der Waals surface area contributed by atoms with Crippen molar-refractivity contribution in [3.05, 3.63) is 59.1 Å². The Hall–Kier alpha value is -2.66. The number of aromatic nitrogens is 3. The van der Waals surface area contributed by atoms with Gasteiger partial charge in [0.25, 0.3) is 0 Å². The number of nitrogens with zero attached hydrogens (tertiary/aromatic N) is 3. The van der Waals surface area contributed by atoms with Crippen molar-refractivity contribution in [2.75, 3.05) is 0 Å². The molecular weight excluding hydrogens is 374 g/mol. The highest BCUT2D eigenvalue weighted by Crippen LogP contribution is 2.36. The molecule has 0 aliphatic rings. The van der Waals surface area contributed by atoms with E-state index in [1.54, 1.807) is 12.1 Å². The minimum Gasteiger partial charge on any atom is -0.423 e. The summed E-state index contributed by atoms with van der Waals surface area (Å²) in [6.45, 7) is 9.91. The normalized spacial score (nSPS) is 13.2. The molecule has 0 aliphatic heterocycles. The Morgan fingerprint density at radius 3 is 2.57 bits per heavy atom. The summed E-state index contributed by atoms with van der Waals surface area (Å²) in [6.07, 6.45) is 3.65. The topological polar surface area (TPSA) is 57.0 Å². The number of allylic oxidation sites excluding steroid dienone is 1. The van der Waals surface area contributed by atoms with Gasteiger partial charge in [-0.25, -0.2) is 0 Å². The summed E-state index contributed by atoms with van der Waals surface area (Å²) in [5.74, 6) is -0.201. The molecule has 6 heteroatoms. The molecule has 0 amide bonds. The Bertz CT molecular complexity index is 1050. The van der Waals surface area contributed by atoms with E-state index in [9.17, 15) is 4.79 Å². The van der Waals surface area contributed by atoms with Crippen LogP contribution in [0, 0.1) is 5.92 Å². The van der Waals surface area contributed by atoms with Crippen LogP contribution < -0.4 is 4.74 Å². The third-order valence-electron chi connectivity index (χ3n) is 4.42. The maximum absolute atomic E-state index is 12.6. The van der Waals surface area contributed by atoms with Gasteiger partial charge in [0.15, 0.2) is 5.75 Å². The van der Waals surface area contributed by atoms with Crippen molar-refractivity contribution in [2.24, 2.45) is 5.92 Å². The van der Waals surface area contributed by atoms with Crippen LogP contribution in [0.4, 0.5) is 0 Å². The zero-order valence-electron chi connectivity index (χ0n) is 16.7. The van der Waals surface area contributed by atoms with Crippen LogP contribution in [0.1, 0.15) is 40.2 Å². The Labute approximate surface area is 170 Å². The van der Waals surface area contributed by atoms with E-state index >= 15 is 0 Å². The fraction of sp³-hybridized carbons (Fsp3) is 0.318. The van der Waals surface area contributed by atoms with Gasteiger partial charge in [-0.2, -0.15) is 0 Å². The number of carbonyl (C=O) groups is 1. The molecule has 0 fully saturated rings. The van der Waals surface area contributed by atoms with Crippen molar-refractivity contribution in [1.29, 1.82) is 0 Å². The van der Waals surface area contributed by atoms with Crippen LogP contribution in [-0.4, -0.2) is 21.0 Å². The minimum atomic E-state index is -0.352. The molecule has 1 unspecified atom stereocenters. The molecule has 146 valence electrons. The number of esters is 1. The second-order valence-corrected chi connectivity index (χ2v) is 8.20. The average Bonchev–Trinajstić information content (AvgIpc) is 3.04. The van der Waals surface area contributed by atoms with E-state index in [4.69, 9.17) is 16.3 Å². The summed E-state index contributed by atoms with van der Waals surface area (Å²) >= 11 is 6.07. The monoisotopic (exact) mass is 397 g/mol. The Kier molecular flexibility index (Phi) is 5.57. The van der Waals surface area contributed by atoms with Crippen LogP contribution in [0.2, 0.25) is 5.02 Å². The molecule has 3 rings (SSSR count). The first-order valence-corrected chi connectivity index (χ1v) is 9.59. The molecule has 3 aromatic rings. The summed E-state index contributed by atoms with van der Waals surface area (Å²) in [6, 6.07) is 11.1. The molecule has 1 atom stereocenters. The standard InChI is InChI=1S/C22H24ClN3O2/c1-6-8-14(2)21(27)28-20-16(22(3,4)5)9-7-10-19(20)26-24-17-12-11-15(23)13-18(17)25-26/h6-14H,1-5H3. The molecule has 0 N–H and O–H groups in total. The molecule has 0 spiro atoms. The van der Waals surface area contributed by atoms with Crippen LogP contribution in [-0.2, 0) is 10.2 Å². The first-order valence-electron chi connectivity index (χ1n) is 9.21. The number of carbonyl (C=O) groups excluding carboxylic acids is 1. The number of hydrogen-bond donors (Lipinski definition) is 0. The van der Waals surface area contributed by atoms with Gasteiger partial charge in [0.2, 0.25) is 0 Å². The van der Waals surface area contributed by atoms with Crippen molar-refractivity contribution < 1.29 is 9.53 Å². The second-order valence-electron chi connectivity index (χ2n) is 7.76. The smallest absolute Gasteiger partial charge is 0.317 e. The number of para-hydroxylation sites is 1. The van der Waals surface area contributed by atoms with Gasteiger partial charge in [-0.3, -0.25) is 4.79 Å². The van der Waals surface area contributed by atoms with Gasteiger partial charge in [-0.05, 0) is 43.5 Å².